The molecule has 1 saturated heterocycles. The summed E-state index contributed by atoms with van der Waals surface area (Å²) in [4.78, 5) is 23.2. The van der Waals surface area contributed by atoms with Crippen molar-refractivity contribution >= 4 is 11.7 Å². The number of morpholine rings is 1. The van der Waals surface area contributed by atoms with E-state index in [-0.39, 0.29) is 23.5 Å². The number of ether oxygens (including phenoxy) is 2. The van der Waals surface area contributed by atoms with E-state index in [9.17, 15) is 9.18 Å². The number of carbonyl (C=O) groups is 1. The number of anilines is 1. The lowest BCUT2D eigenvalue weighted by Gasteiger charge is -2.34. The molecule has 6 nitrogen and oxygen atoms in total. The number of nitrogens with zero attached hydrogens (tertiary/aromatic N) is 3. The van der Waals surface area contributed by atoms with Gasteiger partial charge in [0.25, 0.3) is 0 Å². The van der Waals surface area contributed by atoms with E-state index in [1.807, 2.05) is 37.9 Å². The SMILES string of the molecule is C[C@@H]1C[C@H](CC(=O)OC(C)(C)C)C[C@H](c2ccncc2CCc2ccc(F)c(-c3c(F)cc(N4CCOCC4)cc3F)n2)C1. The molecule has 0 N–H and O–H groups in total. The Morgan fingerprint density at radius 1 is 1.00 bits per heavy atom. The molecule has 0 amide bonds. The maximum Gasteiger partial charge on any atom is 0.306 e. The second-order valence-electron chi connectivity index (χ2n) is 13.3. The number of hydrogen-bond acceptors (Lipinski definition) is 6. The Bertz CT molecular complexity index is 1450. The van der Waals surface area contributed by atoms with Crippen LogP contribution in [0.5, 0.6) is 0 Å². The zero-order valence-corrected chi connectivity index (χ0v) is 26.0. The summed E-state index contributed by atoms with van der Waals surface area (Å²) in [5, 5.41) is 0. The van der Waals surface area contributed by atoms with E-state index in [2.05, 4.69) is 16.9 Å². The lowest BCUT2D eigenvalue weighted by Crippen LogP contribution is -2.36. The van der Waals surface area contributed by atoms with Gasteiger partial charge in [-0.05, 0) is 112 Å². The van der Waals surface area contributed by atoms with Crippen LogP contribution in [-0.2, 0) is 27.1 Å². The molecule has 0 bridgehead atoms. The minimum atomic E-state index is -0.850. The molecule has 1 aromatic carbocycles. The number of benzene rings is 1. The summed E-state index contributed by atoms with van der Waals surface area (Å²) in [6, 6.07) is 7.31. The maximum atomic E-state index is 15.3. The molecule has 2 fully saturated rings. The molecular formula is C35H42F3N3O3. The monoisotopic (exact) mass is 609 g/mol. The molecule has 2 aromatic heterocycles. The van der Waals surface area contributed by atoms with Crippen molar-refractivity contribution in [1.82, 2.24) is 9.97 Å². The number of carbonyl (C=O) groups excluding carboxylic acids is 1. The molecule has 0 unspecified atom stereocenters. The first-order valence-corrected chi connectivity index (χ1v) is 15.6. The Kier molecular flexibility index (Phi) is 9.93. The van der Waals surface area contributed by atoms with Crippen LogP contribution in [0.2, 0.25) is 0 Å². The predicted octanol–water partition coefficient (Wildman–Crippen LogP) is 7.43. The fourth-order valence-electron chi connectivity index (χ4n) is 6.68. The van der Waals surface area contributed by atoms with Gasteiger partial charge in [0, 0.05) is 43.3 Å². The second kappa shape index (κ2) is 13.7. The second-order valence-corrected chi connectivity index (χ2v) is 13.3. The first-order valence-electron chi connectivity index (χ1n) is 15.6. The van der Waals surface area contributed by atoms with E-state index >= 15 is 8.78 Å². The standard InChI is InChI=1S/C35H42F3N3O3/c1-22-15-23(18-32(42)44-35(2,3)4)17-25(16-22)28-9-10-39-21-24(28)5-6-26-7-8-29(36)34(40-26)33-30(37)19-27(20-31(33)38)41-11-13-43-14-12-41/h7-10,19-23,25H,5-6,11-18H2,1-4H3/t22-,23+,25-/m1/s1. The molecular weight excluding hydrogens is 567 g/mol. The molecule has 9 heteroatoms. The van der Waals surface area contributed by atoms with E-state index in [0.717, 1.165) is 24.8 Å². The van der Waals surface area contributed by atoms with Gasteiger partial charge in [0.1, 0.15) is 28.7 Å². The third kappa shape index (κ3) is 7.97. The van der Waals surface area contributed by atoms with Gasteiger partial charge in [-0.25, -0.2) is 18.2 Å². The van der Waals surface area contributed by atoms with Crippen LogP contribution in [0.3, 0.4) is 0 Å². The van der Waals surface area contributed by atoms with Crippen molar-refractivity contribution in [2.75, 3.05) is 31.2 Å². The molecule has 44 heavy (non-hydrogen) atoms. The van der Waals surface area contributed by atoms with Gasteiger partial charge in [-0.3, -0.25) is 9.78 Å². The van der Waals surface area contributed by atoms with Crippen LogP contribution in [-0.4, -0.2) is 47.8 Å². The Hall–Kier alpha value is -3.46. The summed E-state index contributed by atoms with van der Waals surface area (Å²) in [6.45, 7) is 9.90. The van der Waals surface area contributed by atoms with Gasteiger partial charge in [0.2, 0.25) is 0 Å². The normalized spacial score (nSPS) is 20.9. The van der Waals surface area contributed by atoms with Crippen LogP contribution in [0.4, 0.5) is 18.9 Å². The van der Waals surface area contributed by atoms with E-state index in [0.29, 0.717) is 62.9 Å². The van der Waals surface area contributed by atoms with Crippen LogP contribution >= 0.6 is 0 Å². The number of rotatable bonds is 8. The van der Waals surface area contributed by atoms with Crippen LogP contribution in [0.1, 0.15) is 76.1 Å². The van der Waals surface area contributed by atoms with Crippen molar-refractivity contribution in [2.45, 2.75) is 77.7 Å². The molecule has 236 valence electrons. The number of esters is 1. The fourth-order valence-corrected chi connectivity index (χ4v) is 6.68. The van der Waals surface area contributed by atoms with Gasteiger partial charge < -0.3 is 14.4 Å². The number of halogens is 3. The molecule has 3 heterocycles. The van der Waals surface area contributed by atoms with E-state index in [1.165, 1.54) is 23.8 Å². The lowest BCUT2D eigenvalue weighted by atomic mass is 9.71. The molecule has 0 spiro atoms. The topological polar surface area (TPSA) is 64.5 Å². The van der Waals surface area contributed by atoms with E-state index in [4.69, 9.17) is 9.47 Å². The Morgan fingerprint density at radius 3 is 2.43 bits per heavy atom. The fraction of sp³-hybridized carbons (Fsp3) is 0.514. The Balaban J connectivity index is 1.31. The van der Waals surface area contributed by atoms with Crippen LogP contribution in [0.25, 0.3) is 11.3 Å². The zero-order valence-electron chi connectivity index (χ0n) is 26.0. The molecule has 1 aliphatic carbocycles. The summed E-state index contributed by atoms with van der Waals surface area (Å²) in [7, 11) is 0. The quantitative estimate of drug-likeness (QED) is 0.248. The molecule has 1 aliphatic heterocycles. The summed E-state index contributed by atoms with van der Waals surface area (Å²) >= 11 is 0. The lowest BCUT2D eigenvalue weighted by molar-refractivity contribution is -0.156. The van der Waals surface area contributed by atoms with Crippen molar-refractivity contribution in [3.05, 3.63) is 77.0 Å². The van der Waals surface area contributed by atoms with Gasteiger partial charge in [-0.2, -0.15) is 0 Å². The number of aromatic nitrogens is 2. The molecule has 2 aliphatic rings. The Morgan fingerprint density at radius 2 is 1.73 bits per heavy atom. The molecule has 1 saturated carbocycles. The number of pyridine rings is 2. The van der Waals surface area contributed by atoms with Crippen LogP contribution in [0, 0.1) is 29.3 Å². The van der Waals surface area contributed by atoms with Crippen LogP contribution < -0.4 is 4.90 Å². The van der Waals surface area contributed by atoms with Crippen molar-refractivity contribution in [2.24, 2.45) is 11.8 Å². The molecule has 0 radical (unpaired) electrons. The minimum absolute atomic E-state index is 0.160. The highest BCUT2D eigenvalue weighted by Gasteiger charge is 2.31. The largest absolute Gasteiger partial charge is 0.460 e. The van der Waals surface area contributed by atoms with Crippen LogP contribution in [0.15, 0.2) is 42.7 Å². The average Bonchev–Trinajstić information content (AvgIpc) is 2.96. The highest BCUT2D eigenvalue weighted by atomic mass is 19.1. The summed E-state index contributed by atoms with van der Waals surface area (Å²) in [5.74, 6) is -1.67. The van der Waals surface area contributed by atoms with Gasteiger partial charge >= 0.3 is 5.97 Å². The van der Waals surface area contributed by atoms with E-state index in [1.54, 1.807) is 12.3 Å². The van der Waals surface area contributed by atoms with Gasteiger partial charge in [0.15, 0.2) is 0 Å². The molecule has 3 aromatic rings. The first kappa shape index (κ1) is 31.9. The maximum absolute atomic E-state index is 15.3. The predicted molar refractivity (Wildman–Crippen MR) is 164 cm³/mol. The van der Waals surface area contributed by atoms with Gasteiger partial charge in [-0.1, -0.05) is 6.92 Å². The van der Waals surface area contributed by atoms with Crippen molar-refractivity contribution in [3.8, 4) is 11.3 Å². The smallest absolute Gasteiger partial charge is 0.306 e. The van der Waals surface area contributed by atoms with Crippen molar-refractivity contribution in [3.63, 3.8) is 0 Å². The van der Waals surface area contributed by atoms with Gasteiger partial charge in [-0.15, -0.1) is 0 Å². The highest BCUT2D eigenvalue weighted by molar-refractivity contribution is 5.70. The summed E-state index contributed by atoms with van der Waals surface area (Å²) in [5.41, 5.74) is 1.89. The summed E-state index contributed by atoms with van der Waals surface area (Å²) < 4.78 is 56.4. The minimum Gasteiger partial charge on any atom is -0.460 e. The van der Waals surface area contributed by atoms with Crippen molar-refractivity contribution in [1.29, 1.82) is 0 Å². The third-order valence-corrected chi connectivity index (χ3v) is 8.49. The van der Waals surface area contributed by atoms with Gasteiger partial charge in [0.05, 0.1) is 18.8 Å². The molecule has 5 rings (SSSR count). The summed E-state index contributed by atoms with van der Waals surface area (Å²) in [6.07, 6.45) is 7.97. The number of hydrogen-bond donors (Lipinski definition) is 0. The number of aryl methyl sites for hydroxylation is 2. The average molecular weight is 610 g/mol. The third-order valence-electron chi connectivity index (χ3n) is 8.49. The van der Waals surface area contributed by atoms with Crippen molar-refractivity contribution < 1.29 is 27.4 Å². The highest BCUT2D eigenvalue weighted by Crippen LogP contribution is 2.42. The first-order chi connectivity index (χ1) is 21.0. The molecule has 3 atom stereocenters. The van der Waals surface area contributed by atoms with E-state index < -0.39 is 28.6 Å². The zero-order chi connectivity index (χ0) is 31.4. The Labute approximate surface area is 258 Å².